The minimum atomic E-state index is -0.0814. The SMILES string of the molecule is Cc1ccc(-c2ccc(/C=C3\SC(=S)N(Cc4ccccc4)C3=O)o2)cc1. The van der Waals surface area contributed by atoms with Gasteiger partial charge in [-0.15, -0.1) is 0 Å². The summed E-state index contributed by atoms with van der Waals surface area (Å²) < 4.78 is 6.47. The third-order valence-electron chi connectivity index (χ3n) is 4.29. The van der Waals surface area contributed by atoms with E-state index in [2.05, 4.69) is 6.92 Å². The maximum atomic E-state index is 12.7. The summed E-state index contributed by atoms with van der Waals surface area (Å²) in [5.74, 6) is 1.34. The van der Waals surface area contributed by atoms with Gasteiger partial charge >= 0.3 is 0 Å². The molecule has 1 aromatic heterocycles. The summed E-state index contributed by atoms with van der Waals surface area (Å²) in [5, 5.41) is 0. The Balaban J connectivity index is 1.53. The first-order valence-electron chi connectivity index (χ1n) is 8.56. The number of carbonyl (C=O) groups excluding carboxylic acids is 1. The molecule has 3 nitrogen and oxygen atoms in total. The quantitative estimate of drug-likeness (QED) is 0.425. The second kappa shape index (κ2) is 7.55. The number of carbonyl (C=O) groups is 1. The largest absolute Gasteiger partial charge is 0.457 e. The molecule has 5 heteroatoms. The number of aryl methyl sites for hydroxylation is 1. The number of benzene rings is 2. The summed E-state index contributed by atoms with van der Waals surface area (Å²) in [6.07, 6.45) is 1.77. The first kappa shape index (κ1) is 17.8. The van der Waals surface area contributed by atoms with Gasteiger partial charge in [-0.25, -0.2) is 0 Å². The molecule has 0 radical (unpaired) electrons. The summed E-state index contributed by atoms with van der Waals surface area (Å²) in [6.45, 7) is 2.53. The zero-order valence-electron chi connectivity index (χ0n) is 14.7. The highest BCUT2D eigenvalue weighted by Crippen LogP contribution is 2.34. The van der Waals surface area contributed by atoms with Gasteiger partial charge in [0.25, 0.3) is 5.91 Å². The van der Waals surface area contributed by atoms with E-state index >= 15 is 0 Å². The lowest BCUT2D eigenvalue weighted by Crippen LogP contribution is -2.27. The van der Waals surface area contributed by atoms with Crippen molar-refractivity contribution in [2.45, 2.75) is 13.5 Å². The summed E-state index contributed by atoms with van der Waals surface area (Å²) in [5.41, 5.74) is 3.26. The van der Waals surface area contributed by atoms with Crippen LogP contribution in [0.5, 0.6) is 0 Å². The third kappa shape index (κ3) is 3.89. The Kier molecular flexibility index (Phi) is 4.97. The molecule has 134 valence electrons. The molecule has 3 aromatic rings. The average molecular weight is 392 g/mol. The number of rotatable bonds is 4. The molecule has 1 saturated heterocycles. The van der Waals surface area contributed by atoms with Crippen LogP contribution in [0.1, 0.15) is 16.9 Å². The van der Waals surface area contributed by atoms with E-state index in [1.165, 1.54) is 17.3 Å². The van der Waals surface area contributed by atoms with Crippen LogP contribution in [-0.4, -0.2) is 15.1 Å². The van der Waals surface area contributed by atoms with E-state index < -0.39 is 0 Å². The van der Waals surface area contributed by atoms with Gasteiger partial charge in [-0.1, -0.05) is 84.1 Å². The predicted molar refractivity (Wildman–Crippen MR) is 114 cm³/mol. The van der Waals surface area contributed by atoms with Crippen LogP contribution in [0.2, 0.25) is 0 Å². The molecule has 1 aliphatic rings. The van der Waals surface area contributed by atoms with Gasteiger partial charge in [0, 0.05) is 11.6 Å². The van der Waals surface area contributed by atoms with Crippen LogP contribution in [0.4, 0.5) is 0 Å². The van der Waals surface area contributed by atoms with Gasteiger partial charge in [-0.2, -0.15) is 0 Å². The Bertz CT molecular complexity index is 1020. The Morgan fingerprint density at radius 1 is 1.04 bits per heavy atom. The van der Waals surface area contributed by atoms with Crippen LogP contribution in [-0.2, 0) is 11.3 Å². The van der Waals surface area contributed by atoms with Crippen molar-refractivity contribution in [3.05, 3.63) is 88.5 Å². The zero-order chi connectivity index (χ0) is 18.8. The molecule has 0 saturated carbocycles. The summed E-state index contributed by atoms with van der Waals surface area (Å²) in [6, 6.07) is 21.8. The number of thioether (sulfide) groups is 1. The molecule has 0 unspecified atom stereocenters. The van der Waals surface area contributed by atoms with Gasteiger partial charge in [0.2, 0.25) is 0 Å². The van der Waals surface area contributed by atoms with E-state index in [0.717, 1.165) is 16.9 Å². The molecule has 2 heterocycles. The lowest BCUT2D eigenvalue weighted by Gasteiger charge is -2.14. The topological polar surface area (TPSA) is 33.5 Å². The van der Waals surface area contributed by atoms with Gasteiger partial charge in [-0.05, 0) is 24.6 Å². The normalized spacial score (nSPS) is 15.7. The fourth-order valence-electron chi connectivity index (χ4n) is 2.83. The molecule has 0 spiro atoms. The monoisotopic (exact) mass is 391 g/mol. The molecule has 27 heavy (non-hydrogen) atoms. The van der Waals surface area contributed by atoms with E-state index in [0.29, 0.717) is 21.5 Å². The first-order valence-corrected chi connectivity index (χ1v) is 9.79. The molecule has 1 fully saturated rings. The van der Waals surface area contributed by atoms with Crippen molar-refractivity contribution < 1.29 is 9.21 Å². The second-order valence-corrected chi connectivity index (χ2v) is 8.00. The molecule has 0 aliphatic carbocycles. The van der Waals surface area contributed by atoms with Crippen LogP contribution < -0.4 is 0 Å². The number of nitrogens with zero attached hydrogens (tertiary/aromatic N) is 1. The van der Waals surface area contributed by atoms with E-state index in [1.807, 2.05) is 66.7 Å². The molecule has 1 amide bonds. The maximum Gasteiger partial charge on any atom is 0.266 e. The predicted octanol–water partition coefficient (Wildman–Crippen LogP) is 5.66. The van der Waals surface area contributed by atoms with Gasteiger partial charge in [0.05, 0.1) is 11.4 Å². The van der Waals surface area contributed by atoms with Crippen LogP contribution in [0.15, 0.2) is 76.1 Å². The Morgan fingerprint density at radius 2 is 1.78 bits per heavy atom. The molecular weight excluding hydrogens is 374 g/mol. The zero-order valence-corrected chi connectivity index (χ0v) is 16.3. The van der Waals surface area contributed by atoms with Crippen molar-refractivity contribution >= 4 is 40.3 Å². The Labute approximate surface area is 167 Å². The summed E-state index contributed by atoms with van der Waals surface area (Å²) in [7, 11) is 0. The highest BCUT2D eigenvalue weighted by Gasteiger charge is 2.32. The van der Waals surface area contributed by atoms with Crippen LogP contribution in [0.3, 0.4) is 0 Å². The van der Waals surface area contributed by atoms with Gasteiger partial charge in [0.1, 0.15) is 15.8 Å². The number of amides is 1. The van der Waals surface area contributed by atoms with Crippen molar-refractivity contribution in [2.24, 2.45) is 0 Å². The fraction of sp³-hybridized carbons (Fsp3) is 0.0909. The van der Waals surface area contributed by atoms with Crippen LogP contribution >= 0.6 is 24.0 Å². The molecule has 0 atom stereocenters. The molecule has 1 aliphatic heterocycles. The summed E-state index contributed by atoms with van der Waals surface area (Å²) in [4.78, 5) is 15.0. The van der Waals surface area contributed by atoms with Crippen molar-refractivity contribution in [1.82, 2.24) is 4.90 Å². The van der Waals surface area contributed by atoms with Crippen molar-refractivity contribution in [3.63, 3.8) is 0 Å². The smallest absolute Gasteiger partial charge is 0.266 e. The molecule has 4 rings (SSSR count). The second-order valence-electron chi connectivity index (χ2n) is 6.32. The van der Waals surface area contributed by atoms with E-state index in [4.69, 9.17) is 16.6 Å². The lowest BCUT2D eigenvalue weighted by atomic mass is 10.1. The van der Waals surface area contributed by atoms with Crippen LogP contribution in [0, 0.1) is 6.92 Å². The van der Waals surface area contributed by atoms with Crippen molar-refractivity contribution in [3.8, 4) is 11.3 Å². The molecular formula is C22H17NO2S2. The maximum absolute atomic E-state index is 12.7. The fourth-order valence-corrected chi connectivity index (χ4v) is 4.07. The molecule has 0 bridgehead atoms. The molecule has 2 aromatic carbocycles. The van der Waals surface area contributed by atoms with E-state index in [-0.39, 0.29) is 5.91 Å². The van der Waals surface area contributed by atoms with E-state index in [1.54, 1.807) is 11.0 Å². The van der Waals surface area contributed by atoms with E-state index in [9.17, 15) is 4.79 Å². The van der Waals surface area contributed by atoms with Crippen molar-refractivity contribution in [2.75, 3.05) is 0 Å². The third-order valence-corrected chi connectivity index (χ3v) is 5.67. The minimum absolute atomic E-state index is 0.0814. The van der Waals surface area contributed by atoms with Gasteiger partial charge < -0.3 is 4.42 Å². The Morgan fingerprint density at radius 3 is 2.52 bits per heavy atom. The van der Waals surface area contributed by atoms with Crippen LogP contribution in [0.25, 0.3) is 17.4 Å². The minimum Gasteiger partial charge on any atom is -0.457 e. The highest BCUT2D eigenvalue weighted by atomic mass is 32.2. The summed E-state index contributed by atoms with van der Waals surface area (Å²) >= 11 is 6.71. The van der Waals surface area contributed by atoms with Gasteiger partial charge in [-0.3, -0.25) is 9.69 Å². The molecule has 0 N–H and O–H groups in total. The number of hydrogen-bond donors (Lipinski definition) is 0. The first-order chi connectivity index (χ1) is 13.1. The number of hydrogen-bond acceptors (Lipinski definition) is 4. The average Bonchev–Trinajstić information content (AvgIpc) is 3.24. The van der Waals surface area contributed by atoms with Crippen molar-refractivity contribution in [1.29, 1.82) is 0 Å². The standard InChI is InChI=1S/C22H17NO2S2/c1-15-7-9-17(10-8-15)19-12-11-18(25-19)13-20-21(24)23(22(26)27-20)14-16-5-3-2-4-6-16/h2-13H,14H2,1H3/b20-13-. The number of furan rings is 1. The highest BCUT2D eigenvalue weighted by molar-refractivity contribution is 8.26. The Hall–Kier alpha value is -2.63. The van der Waals surface area contributed by atoms with Gasteiger partial charge in [0.15, 0.2) is 0 Å². The number of thiocarbonyl (C=S) groups is 1. The lowest BCUT2D eigenvalue weighted by molar-refractivity contribution is -0.122.